The van der Waals surface area contributed by atoms with E-state index >= 15 is 0 Å². The number of hydrogen-bond donors (Lipinski definition) is 0. The lowest BCUT2D eigenvalue weighted by atomic mass is 9.46. The maximum atomic E-state index is 2.65. The highest BCUT2D eigenvalue weighted by atomic mass is 14.6. The van der Waals surface area contributed by atoms with Gasteiger partial charge in [0.2, 0.25) is 0 Å². The van der Waals surface area contributed by atoms with Crippen molar-refractivity contribution in [3.05, 3.63) is 0 Å². The topological polar surface area (TPSA) is 0 Å². The first-order chi connectivity index (χ1) is 9.55. The zero-order valence-electron chi connectivity index (χ0n) is 14.0. The van der Waals surface area contributed by atoms with Crippen molar-refractivity contribution in [1.29, 1.82) is 0 Å². The molecule has 7 atom stereocenters. The Hall–Kier alpha value is 0. The summed E-state index contributed by atoms with van der Waals surface area (Å²) in [5.74, 6) is 5.39. The molecule has 0 heteroatoms. The van der Waals surface area contributed by atoms with Gasteiger partial charge in [-0.1, -0.05) is 33.6 Å². The molecule has 0 saturated heterocycles. The molecule has 0 radical (unpaired) electrons. The zero-order valence-corrected chi connectivity index (χ0v) is 14.0. The van der Waals surface area contributed by atoms with Gasteiger partial charge in [0.1, 0.15) is 0 Å². The van der Waals surface area contributed by atoms with E-state index in [1.165, 1.54) is 19.3 Å². The van der Waals surface area contributed by atoms with Crippen LogP contribution in [0.1, 0.15) is 85.0 Å². The molecule has 0 bridgehead atoms. The fraction of sp³-hybridized carbons (Fsp3) is 1.00. The highest BCUT2D eigenvalue weighted by molar-refractivity contribution is 5.06. The molecule has 20 heavy (non-hydrogen) atoms. The van der Waals surface area contributed by atoms with E-state index in [-0.39, 0.29) is 0 Å². The monoisotopic (exact) mass is 274 g/mol. The van der Waals surface area contributed by atoms with E-state index in [4.69, 9.17) is 0 Å². The van der Waals surface area contributed by atoms with E-state index < -0.39 is 0 Å². The summed E-state index contributed by atoms with van der Waals surface area (Å²) >= 11 is 0. The zero-order chi connectivity index (χ0) is 14.0. The predicted molar refractivity (Wildman–Crippen MR) is 85.5 cm³/mol. The summed E-state index contributed by atoms with van der Waals surface area (Å²) < 4.78 is 0. The molecule has 4 rings (SSSR count). The van der Waals surface area contributed by atoms with Crippen molar-refractivity contribution in [3.63, 3.8) is 0 Å². The van der Waals surface area contributed by atoms with Gasteiger partial charge in [-0.25, -0.2) is 0 Å². The lowest BCUT2D eigenvalue weighted by Crippen LogP contribution is -2.50. The third-order valence-electron chi connectivity index (χ3n) is 8.94. The Morgan fingerprint density at radius 3 is 2.30 bits per heavy atom. The molecule has 4 fully saturated rings. The second-order valence-electron chi connectivity index (χ2n) is 9.50. The summed E-state index contributed by atoms with van der Waals surface area (Å²) in [5, 5.41) is 0. The first-order valence-corrected chi connectivity index (χ1v) is 9.55. The summed E-state index contributed by atoms with van der Waals surface area (Å²) in [7, 11) is 0. The van der Waals surface area contributed by atoms with Gasteiger partial charge < -0.3 is 0 Å². The van der Waals surface area contributed by atoms with Gasteiger partial charge in [0.15, 0.2) is 0 Å². The molecule has 0 heterocycles. The van der Waals surface area contributed by atoms with Crippen LogP contribution in [-0.2, 0) is 0 Å². The van der Waals surface area contributed by atoms with E-state index in [1.807, 2.05) is 0 Å². The van der Waals surface area contributed by atoms with Crippen molar-refractivity contribution in [2.24, 2.45) is 40.4 Å². The van der Waals surface area contributed by atoms with Crippen LogP contribution in [0.3, 0.4) is 0 Å². The standard InChI is InChI=1S/C20H34/c1-14-7-8-18-16-9-12-19(2)11-5-4-6-17(19)15(16)10-13-20(14,18)3/h14-18H,4-13H2,1-3H3/t14-,15?,16?,17?,18?,19+,20-/m1/s1. The Labute approximate surface area is 126 Å². The van der Waals surface area contributed by atoms with Crippen molar-refractivity contribution in [3.8, 4) is 0 Å². The van der Waals surface area contributed by atoms with Crippen LogP contribution in [0.15, 0.2) is 0 Å². The maximum absolute atomic E-state index is 2.65. The van der Waals surface area contributed by atoms with Gasteiger partial charge in [-0.05, 0) is 91.8 Å². The lowest BCUT2D eigenvalue weighted by molar-refractivity contribution is -0.0939. The third kappa shape index (κ3) is 1.72. The number of rotatable bonds is 0. The fourth-order valence-electron chi connectivity index (χ4n) is 7.46. The smallest absolute Gasteiger partial charge is 0.0269 e. The minimum absolute atomic E-state index is 0.712. The van der Waals surface area contributed by atoms with Crippen molar-refractivity contribution in [2.45, 2.75) is 85.0 Å². The molecule has 0 amide bonds. The van der Waals surface area contributed by atoms with Crippen LogP contribution < -0.4 is 0 Å². The summed E-state index contributed by atoms with van der Waals surface area (Å²) in [4.78, 5) is 0. The molecule has 0 aromatic heterocycles. The SMILES string of the molecule is C[C@@H]1CCC2C3CC[C@]4(C)CCCCC4C3CC[C@@]21C. The Morgan fingerprint density at radius 1 is 0.700 bits per heavy atom. The Morgan fingerprint density at radius 2 is 1.45 bits per heavy atom. The molecule has 0 N–H and O–H groups in total. The first-order valence-electron chi connectivity index (χ1n) is 9.55. The van der Waals surface area contributed by atoms with Crippen molar-refractivity contribution in [1.82, 2.24) is 0 Å². The minimum atomic E-state index is 0.712. The maximum Gasteiger partial charge on any atom is -0.0269 e. The molecule has 0 aliphatic heterocycles. The van der Waals surface area contributed by atoms with Gasteiger partial charge >= 0.3 is 0 Å². The van der Waals surface area contributed by atoms with Crippen molar-refractivity contribution in [2.75, 3.05) is 0 Å². The van der Waals surface area contributed by atoms with Crippen LogP contribution >= 0.6 is 0 Å². The summed E-state index contributed by atoms with van der Waals surface area (Å²) in [6.07, 6.45) is 15.5. The largest absolute Gasteiger partial charge is 0.0620 e. The second-order valence-corrected chi connectivity index (χ2v) is 9.50. The average molecular weight is 274 g/mol. The van der Waals surface area contributed by atoms with Crippen LogP contribution in [0.4, 0.5) is 0 Å². The number of hydrogen-bond acceptors (Lipinski definition) is 0. The molecule has 0 aromatic rings. The molecular weight excluding hydrogens is 240 g/mol. The molecule has 4 aliphatic carbocycles. The van der Waals surface area contributed by atoms with Crippen LogP contribution in [0.2, 0.25) is 0 Å². The van der Waals surface area contributed by atoms with E-state index in [9.17, 15) is 0 Å². The molecule has 4 unspecified atom stereocenters. The Balaban J connectivity index is 1.62. The van der Waals surface area contributed by atoms with Crippen LogP contribution in [-0.4, -0.2) is 0 Å². The first kappa shape index (κ1) is 13.6. The third-order valence-corrected chi connectivity index (χ3v) is 8.94. The molecule has 0 aromatic carbocycles. The summed E-state index contributed by atoms with van der Waals surface area (Å²) in [6, 6.07) is 0. The quantitative estimate of drug-likeness (QED) is 0.504. The molecule has 4 saturated carbocycles. The van der Waals surface area contributed by atoms with E-state index in [0.717, 1.165) is 35.0 Å². The second kappa shape index (κ2) is 4.50. The molecule has 0 nitrogen and oxygen atoms in total. The van der Waals surface area contributed by atoms with Crippen LogP contribution in [0.5, 0.6) is 0 Å². The lowest BCUT2D eigenvalue weighted by Gasteiger charge is -2.59. The van der Waals surface area contributed by atoms with E-state index in [2.05, 4.69) is 20.8 Å². The number of fused-ring (bicyclic) bond motifs is 5. The van der Waals surface area contributed by atoms with Gasteiger partial charge in [0.25, 0.3) is 0 Å². The highest BCUT2D eigenvalue weighted by Crippen LogP contribution is 2.66. The van der Waals surface area contributed by atoms with Gasteiger partial charge in [-0.2, -0.15) is 0 Å². The van der Waals surface area contributed by atoms with Crippen LogP contribution in [0.25, 0.3) is 0 Å². The normalized spacial score (nSPS) is 58.6. The van der Waals surface area contributed by atoms with Gasteiger partial charge in [-0.3, -0.25) is 0 Å². The minimum Gasteiger partial charge on any atom is -0.0620 e. The predicted octanol–water partition coefficient (Wildman–Crippen LogP) is 6.06. The summed E-state index contributed by atoms with van der Waals surface area (Å²) in [6.45, 7) is 7.85. The van der Waals surface area contributed by atoms with E-state index in [1.54, 1.807) is 44.9 Å². The highest BCUT2D eigenvalue weighted by Gasteiger charge is 2.57. The van der Waals surface area contributed by atoms with Crippen molar-refractivity contribution < 1.29 is 0 Å². The molecule has 0 spiro atoms. The Kier molecular flexibility index (Phi) is 3.07. The van der Waals surface area contributed by atoms with E-state index in [0.29, 0.717) is 5.41 Å². The average Bonchev–Trinajstić information content (AvgIpc) is 2.74. The molecule has 114 valence electrons. The van der Waals surface area contributed by atoms with Gasteiger partial charge in [0, 0.05) is 0 Å². The molecule has 4 aliphatic rings. The van der Waals surface area contributed by atoms with Gasteiger partial charge in [0.05, 0.1) is 0 Å². The van der Waals surface area contributed by atoms with Crippen LogP contribution in [0, 0.1) is 40.4 Å². The van der Waals surface area contributed by atoms with Gasteiger partial charge in [-0.15, -0.1) is 0 Å². The fourth-order valence-corrected chi connectivity index (χ4v) is 7.46. The molecular formula is C20H34. The van der Waals surface area contributed by atoms with Crippen molar-refractivity contribution >= 4 is 0 Å². The summed E-state index contributed by atoms with van der Waals surface area (Å²) in [5.41, 5.74) is 1.45. The Bertz CT molecular complexity index is 381.